The van der Waals surface area contributed by atoms with Crippen molar-refractivity contribution in [2.24, 2.45) is 0 Å². The number of allylic oxidation sites excluding steroid dienone is 1. The van der Waals surface area contributed by atoms with Gasteiger partial charge in [-0.2, -0.15) is 0 Å². The molecule has 3 rings (SSSR count). The lowest BCUT2D eigenvalue weighted by atomic mass is 10.1. The number of ketones is 1. The Balaban J connectivity index is 1.70. The quantitative estimate of drug-likeness (QED) is 0.482. The van der Waals surface area contributed by atoms with Crippen molar-refractivity contribution < 1.29 is 22.7 Å². The third-order valence-electron chi connectivity index (χ3n) is 3.85. The van der Waals surface area contributed by atoms with E-state index in [-0.39, 0.29) is 22.1 Å². The van der Waals surface area contributed by atoms with Gasteiger partial charge in [-0.15, -0.1) is 0 Å². The fourth-order valence-electron chi connectivity index (χ4n) is 2.40. The summed E-state index contributed by atoms with van der Waals surface area (Å²) in [6, 6.07) is 17.0. The van der Waals surface area contributed by atoms with Crippen LogP contribution in [0.3, 0.4) is 0 Å². The Morgan fingerprint density at radius 1 is 0.964 bits per heavy atom. The number of carbonyl (C=O) groups excluding carboxylic acids is 1. The maximum atomic E-state index is 13.2. The molecule has 0 bridgehead atoms. The highest BCUT2D eigenvalue weighted by Crippen LogP contribution is 2.18. The third-order valence-corrected chi connectivity index (χ3v) is 5.23. The molecule has 0 aliphatic rings. The zero-order valence-corrected chi connectivity index (χ0v) is 15.4. The van der Waals surface area contributed by atoms with Crippen molar-refractivity contribution in [2.45, 2.75) is 4.90 Å². The van der Waals surface area contributed by atoms with E-state index in [1.54, 1.807) is 18.2 Å². The summed E-state index contributed by atoms with van der Waals surface area (Å²) in [5.41, 5.74) is 1.39. The van der Waals surface area contributed by atoms with Crippen molar-refractivity contribution >= 4 is 27.6 Å². The van der Waals surface area contributed by atoms with Crippen LogP contribution in [0, 0.1) is 5.82 Å². The Hall–Kier alpha value is -3.45. The van der Waals surface area contributed by atoms with E-state index in [2.05, 4.69) is 4.72 Å². The highest BCUT2D eigenvalue weighted by atomic mass is 32.2. The Labute approximate surface area is 161 Å². The first-order chi connectivity index (χ1) is 13.3. The summed E-state index contributed by atoms with van der Waals surface area (Å²) in [6.07, 6.45) is 3.00. The number of rotatable bonds is 6. The molecule has 5 nitrogen and oxygen atoms in total. The number of halogens is 1. The lowest BCUT2D eigenvalue weighted by Gasteiger charge is -2.08. The van der Waals surface area contributed by atoms with Crippen LogP contribution < -0.4 is 4.72 Å². The number of anilines is 1. The molecule has 142 valence electrons. The Morgan fingerprint density at radius 2 is 1.64 bits per heavy atom. The highest BCUT2D eigenvalue weighted by Gasteiger charge is 2.15. The lowest BCUT2D eigenvalue weighted by Crippen LogP contribution is -2.13. The number of hydrogen-bond acceptors (Lipinski definition) is 4. The fraction of sp³-hybridized carbons (Fsp3) is 0. The Morgan fingerprint density at radius 3 is 2.29 bits per heavy atom. The van der Waals surface area contributed by atoms with Crippen molar-refractivity contribution in [2.75, 3.05) is 4.72 Å². The second-order valence-corrected chi connectivity index (χ2v) is 7.61. The minimum absolute atomic E-state index is 0.139. The lowest BCUT2D eigenvalue weighted by molar-refractivity contribution is 0.104. The van der Waals surface area contributed by atoms with Crippen LogP contribution in [0.2, 0.25) is 0 Å². The van der Waals surface area contributed by atoms with Gasteiger partial charge in [0.1, 0.15) is 11.6 Å². The molecule has 0 unspecified atom stereocenters. The van der Waals surface area contributed by atoms with Crippen molar-refractivity contribution in [3.8, 4) is 5.75 Å². The molecular weight excluding hydrogens is 381 g/mol. The normalized spacial score (nSPS) is 11.5. The molecule has 0 atom stereocenters. The number of aromatic hydroxyl groups is 1. The van der Waals surface area contributed by atoms with Crippen LogP contribution in [-0.2, 0) is 10.0 Å². The molecule has 28 heavy (non-hydrogen) atoms. The van der Waals surface area contributed by atoms with E-state index in [4.69, 9.17) is 0 Å². The molecule has 3 aromatic rings. The first-order valence-electron chi connectivity index (χ1n) is 8.23. The summed E-state index contributed by atoms with van der Waals surface area (Å²) >= 11 is 0. The summed E-state index contributed by atoms with van der Waals surface area (Å²) in [4.78, 5) is 12.0. The van der Waals surface area contributed by atoms with Crippen LogP contribution in [0.15, 0.2) is 83.8 Å². The van der Waals surface area contributed by atoms with Gasteiger partial charge < -0.3 is 5.11 Å². The van der Waals surface area contributed by atoms with Gasteiger partial charge in [0.05, 0.1) is 4.90 Å². The van der Waals surface area contributed by atoms with Gasteiger partial charge in [0.25, 0.3) is 10.0 Å². The van der Waals surface area contributed by atoms with Gasteiger partial charge >= 0.3 is 0 Å². The van der Waals surface area contributed by atoms with E-state index in [1.165, 1.54) is 54.6 Å². The molecule has 0 saturated heterocycles. The average Bonchev–Trinajstić information content (AvgIpc) is 2.67. The molecule has 0 heterocycles. The molecule has 0 amide bonds. The van der Waals surface area contributed by atoms with E-state index in [0.717, 1.165) is 17.7 Å². The van der Waals surface area contributed by atoms with E-state index < -0.39 is 15.8 Å². The van der Waals surface area contributed by atoms with Gasteiger partial charge in [-0.05, 0) is 66.2 Å². The summed E-state index contributed by atoms with van der Waals surface area (Å²) in [5, 5.41) is 9.25. The third kappa shape index (κ3) is 4.83. The molecule has 0 aliphatic heterocycles. The summed E-state index contributed by atoms with van der Waals surface area (Å²) in [7, 11) is -3.93. The number of hydrogen-bond donors (Lipinski definition) is 2. The molecule has 0 saturated carbocycles. The number of nitrogens with one attached hydrogen (secondary N) is 1. The van der Waals surface area contributed by atoms with Gasteiger partial charge in [-0.25, -0.2) is 12.8 Å². The van der Waals surface area contributed by atoms with Crippen molar-refractivity contribution in [3.63, 3.8) is 0 Å². The van der Waals surface area contributed by atoms with Crippen molar-refractivity contribution in [1.29, 1.82) is 0 Å². The number of phenols is 1. The molecule has 0 radical (unpaired) electrons. The number of benzene rings is 3. The summed E-state index contributed by atoms with van der Waals surface area (Å²) < 4.78 is 40.2. The molecule has 7 heteroatoms. The second-order valence-electron chi connectivity index (χ2n) is 5.93. The van der Waals surface area contributed by atoms with E-state index in [1.807, 2.05) is 0 Å². The van der Waals surface area contributed by atoms with Crippen LogP contribution in [0.4, 0.5) is 10.1 Å². The standard InChI is InChI=1S/C21H16FNO4S/c22-17-2-1-3-20(14-17)28(26,27)23-18-9-7-16(8-10-18)21(25)13-6-15-4-11-19(24)12-5-15/h1-14,23-24H. The maximum Gasteiger partial charge on any atom is 0.261 e. The second kappa shape index (κ2) is 8.06. The van der Waals surface area contributed by atoms with Crippen LogP contribution >= 0.6 is 0 Å². The predicted octanol–water partition coefficient (Wildman–Crippen LogP) is 4.23. The molecule has 0 fully saturated rings. The molecule has 0 aromatic heterocycles. The van der Waals surface area contributed by atoms with Crippen molar-refractivity contribution in [3.05, 3.63) is 95.8 Å². The molecular formula is C21H16FNO4S. The van der Waals surface area contributed by atoms with Crippen LogP contribution in [0.1, 0.15) is 15.9 Å². The van der Waals surface area contributed by atoms with Gasteiger partial charge in [-0.1, -0.05) is 24.3 Å². The highest BCUT2D eigenvalue weighted by molar-refractivity contribution is 7.92. The SMILES string of the molecule is O=C(C=Cc1ccc(O)cc1)c1ccc(NS(=O)(=O)c2cccc(F)c2)cc1. The summed E-state index contributed by atoms with van der Waals surface area (Å²) in [5.74, 6) is -0.767. The first kappa shape index (κ1) is 19.3. The smallest absolute Gasteiger partial charge is 0.261 e. The molecule has 0 aliphatic carbocycles. The van der Waals surface area contributed by atoms with E-state index >= 15 is 0 Å². The number of carbonyl (C=O) groups is 1. The molecule has 3 aromatic carbocycles. The zero-order valence-electron chi connectivity index (χ0n) is 14.5. The predicted molar refractivity (Wildman–Crippen MR) is 105 cm³/mol. The fourth-order valence-corrected chi connectivity index (χ4v) is 3.49. The van der Waals surface area contributed by atoms with Crippen LogP contribution in [-0.4, -0.2) is 19.3 Å². The van der Waals surface area contributed by atoms with Crippen LogP contribution in [0.5, 0.6) is 5.75 Å². The van der Waals surface area contributed by atoms with Gasteiger partial charge in [0.2, 0.25) is 0 Å². The maximum absolute atomic E-state index is 13.2. The van der Waals surface area contributed by atoms with Gasteiger partial charge in [0, 0.05) is 11.3 Å². The van der Waals surface area contributed by atoms with Gasteiger partial charge in [0.15, 0.2) is 5.78 Å². The Kier molecular flexibility index (Phi) is 5.56. The Bertz CT molecular complexity index is 1120. The molecule has 2 N–H and O–H groups in total. The minimum Gasteiger partial charge on any atom is -0.508 e. The summed E-state index contributed by atoms with van der Waals surface area (Å²) in [6.45, 7) is 0. The van der Waals surface area contributed by atoms with Crippen molar-refractivity contribution in [1.82, 2.24) is 0 Å². The monoisotopic (exact) mass is 397 g/mol. The van der Waals surface area contributed by atoms with Crippen LogP contribution in [0.25, 0.3) is 6.08 Å². The minimum atomic E-state index is -3.93. The average molecular weight is 397 g/mol. The largest absolute Gasteiger partial charge is 0.508 e. The van der Waals surface area contributed by atoms with E-state index in [0.29, 0.717) is 5.56 Å². The first-order valence-corrected chi connectivity index (χ1v) is 9.72. The number of sulfonamides is 1. The zero-order chi connectivity index (χ0) is 20.1. The topological polar surface area (TPSA) is 83.5 Å². The molecule has 0 spiro atoms. The van der Waals surface area contributed by atoms with Gasteiger partial charge in [-0.3, -0.25) is 9.52 Å². The van der Waals surface area contributed by atoms with E-state index in [9.17, 15) is 22.7 Å². The number of phenolic OH excluding ortho intramolecular Hbond substituents is 1.